The minimum absolute atomic E-state index is 0.142. The fourth-order valence-electron chi connectivity index (χ4n) is 2.69. The molecule has 3 aromatic rings. The summed E-state index contributed by atoms with van der Waals surface area (Å²) in [6, 6.07) is 22.3. The van der Waals surface area contributed by atoms with Crippen LogP contribution in [0.3, 0.4) is 0 Å². The third kappa shape index (κ3) is 5.45. The number of rotatable bonds is 6. The second-order valence-electron chi connectivity index (χ2n) is 6.67. The van der Waals surface area contributed by atoms with Crippen molar-refractivity contribution in [3.05, 3.63) is 89.5 Å². The Morgan fingerprint density at radius 1 is 0.714 bits per heavy atom. The van der Waals surface area contributed by atoms with E-state index in [-0.39, 0.29) is 18.4 Å². The molecule has 0 heterocycles. The lowest BCUT2D eigenvalue weighted by Crippen LogP contribution is -2.21. The lowest BCUT2D eigenvalue weighted by atomic mass is 10.1. The molecule has 142 valence electrons. The van der Waals surface area contributed by atoms with Gasteiger partial charge in [-0.2, -0.15) is 0 Å². The lowest BCUT2D eigenvalue weighted by Gasteiger charge is -2.10. The van der Waals surface area contributed by atoms with Gasteiger partial charge in [-0.15, -0.1) is 0 Å². The molecule has 3 rings (SSSR count). The van der Waals surface area contributed by atoms with Gasteiger partial charge >= 0.3 is 0 Å². The van der Waals surface area contributed by atoms with Gasteiger partial charge in [0.15, 0.2) is 0 Å². The minimum Gasteiger partial charge on any atom is -0.376 e. The Kier molecular flexibility index (Phi) is 6.07. The minimum atomic E-state index is -0.164. The van der Waals surface area contributed by atoms with E-state index in [4.69, 9.17) is 0 Å². The van der Waals surface area contributed by atoms with Crippen LogP contribution in [0, 0.1) is 13.8 Å². The largest absolute Gasteiger partial charge is 0.376 e. The van der Waals surface area contributed by atoms with Crippen LogP contribution in [0.5, 0.6) is 0 Å². The van der Waals surface area contributed by atoms with Crippen molar-refractivity contribution < 1.29 is 9.59 Å². The van der Waals surface area contributed by atoms with Gasteiger partial charge in [0.1, 0.15) is 0 Å². The Morgan fingerprint density at radius 2 is 1.32 bits per heavy atom. The summed E-state index contributed by atoms with van der Waals surface area (Å²) in [7, 11) is 0. The molecule has 0 bridgehead atoms. The van der Waals surface area contributed by atoms with Crippen molar-refractivity contribution in [3.63, 3.8) is 0 Å². The standard InChI is InChI=1S/C23H23N3O2/c1-16-6-8-19(9-7-16)24-15-22(27)25-20-10-12-21(13-11-20)26-23(28)18-5-3-4-17(2)14-18/h3-14,24H,15H2,1-2H3,(H,25,27)(H,26,28). The van der Waals surface area contributed by atoms with Gasteiger partial charge in [0, 0.05) is 22.6 Å². The van der Waals surface area contributed by atoms with Crippen LogP contribution in [0.1, 0.15) is 21.5 Å². The van der Waals surface area contributed by atoms with Gasteiger partial charge in [-0.25, -0.2) is 0 Å². The van der Waals surface area contributed by atoms with Crippen molar-refractivity contribution in [2.75, 3.05) is 22.5 Å². The molecule has 0 aliphatic carbocycles. The molecule has 5 nitrogen and oxygen atoms in total. The molecule has 0 saturated carbocycles. The molecule has 0 radical (unpaired) electrons. The van der Waals surface area contributed by atoms with Crippen molar-refractivity contribution in [3.8, 4) is 0 Å². The number of amides is 2. The van der Waals surface area contributed by atoms with Crippen molar-refractivity contribution in [2.45, 2.75) is 13.8 Å². The van der Waals surface area contributed by atoms with Crippen molar-refractivity contribution in [1.29, 1.82) is 0 Å². The van der Waals surface area contributed by atoms with Crippen molar-refractivity contribution >= 4 is 28.9 Å². The topological polar surface area (TPSA) is 70.2 Å². The lowest BCUT2D eigenvalue weighted by molar-refractivity contribution is -0.114. The summed E-state index contributed by atoms with van der Waals surface area (Å²) in [5.74, 6) is -0.306. The molecule has 3 N–H and O–H groups in total. The quantitative estimate of drug-likeness (QED) is 0.591. The van der Waals surface area contributed by atoms with Crippen molar-refractivity contribution in [2.24, 2.45) is 0 Å². The Balaban J connectivity index is 1.51. The van der Waals surface area contributed by atoms with E-state index in [0.717, 1.165) is 11.3 Å². The van der Waals surface area contributed by atoms with Crippen LogP contribution in [0.25, 0.3) is 0 Å². The zero-order valence-corrected chi connectivity index (χ0v) is 16.0. The van der Waals surface area contributed by atoms with Gasteiger partial charge in [0.25, 0.3) is 5.91 Å². The fourth-order valence-corrected chi connectivity index (χ4v) is 2.69. The van der Waals surface area contributed by atoms with Crippen LogP contribution >= 0.6 is 0 Å². The highest BCUT2D eigenvalue weighted by atomic mass is 16.2. The van der Waals surface area contributed by atoms with E-state index in [1.54, 1.807) is 30.3 Å². The number of benzene rings is 3. The highest BCUT2D eigenvalue weighted by Gasteiger charge is 2.07. The first-order valence-corrected chi connectivity index (χ1v) is 9.08. The van der Waals surface area contributed by atoms with E-state index >= 15 is 0 Å². The molecule has 0 fully saturated rings. The van der Waals surface area contributed by atoms with E-state index in [1.807, 2.05) is 56.3 Å². The molecule has 0 unspecified atom stereocenters. The first-order chi connectivity index (χ1) is 13.5. The molecule has 2 amide bonds. The number of nitrogens with one attached hydrogen (secondary N) is 3. The Bertz CT molecular complexity index is 964. The Morgan fingerprint density at radius 3 is 1.96 bits per heavy atom. The molecule has 0 atom stereocenters. The first-order valence-electron chi connectivity index (χ1n) is 9.08. The predicted octanol–water partition coefficient (Wildman–Crippen LogP) is 4.61. The van der Waals surface area contributed by atoms with Gasteiger partial charge in [0.05, 0.1) is 6.54 Å². The fraction of sp³-hybridized carbons (Fsp3) is 0.130. The molecule has 3 aromatic carbocycles. The molecular weight excluding hydrogens is 350 g/mol. The second kappa shape index (κ2) is 8.86. The SMILES string of the molecule is Cc1ccc(NCC(=O)Nc2ccc(NC(=O)c3cccc(C)c3)cc2)cc1. The summed E-state index contributed by atoms with van der Waals surface area (Å²) in [6.45, 7) is 4.14. The van der Waals surface area contributed by atoms with Crippen LogP contribution in [0.15, 0.2) is 72.8 Å². The van der Waals surface area contributed by atoms with E-state index in [1.165, 1.54) is 5.56 Å². The molecule has 5 heteroatoms. The zero-order chi connectivity index (χ0) is 19.9. The number of aryl methyl sites for hydroxylation is 2. The predicted molar refractivity (Wildman–Crippen MR) is 114 cm³/mol. The van der Waals surface area contributed by atoms with E-state index in [0.29, 0.717) is 16.9 Å². The molecule has 0 aliphatic rings. The van der Waals surface area contributed by atoms with Crippen molar-refractivity contribution in [1.82, 2.24) is 0 Å². The third-order valence-electron chi connectivity index (χ3n) is 4.21. The van der Waals surface area contributed by atoms with E-state index in [2.05, 4.69) is 16.0 Å². The second-order valence-corrected chi connectivity index (χ2v) is 6.67. The van der Waals surface area contributed by atoms with E-state index < -0.39 is 0 Å². The molecule has 28 heavy (non-hydrogen) atoms. The highest BCUT2D eigenvalue weighted by Crippen LogP contribution is 2.15. The van der Waals surface area contributed by atoms with E-state index in [9.17, 15) is 9.59 Å². The Hall–Kier alpha value is -3.60. The maximum Gasteiger partial charge on any atom is 0.255 e. The molecule has 0 aliphatic heterocycles. The summed E-state index contributed by atoms with van der Waals surface area (Å²) in [6.07, 6.45) is 0. The zero-order valence-electron chi connectivity index (χ0n) is 16.0. The number of anilines is 3. The van der Waals surface area contributed by atoms with Crippen LogP contribution in [0.4, 0.5) is 17.1 Å². The normalized spacial score (nSPS) is 10.2. The van der Waals surface area contributed by atoms with Crippen LogP contribution in [-0.2, 0) is 4.79 Å². The highest BCUT2D eigenvalue weighted by molar-refractivity contribution is 6.04. The number of carbonyl (C=O) groups excluding carboxylic acids is 2. The molecular formula is C23H23N3O2. The van der Waals surface area contributed by atoms with Gasteiger partial charge < -0.3 is 16.0 Å². The molecule has 0 aromatic heterocycles. The Labute approximate surface area is 164 Å². The van der Waals surface area contributed by atoms with Gasteiger partial charge in [-0.05, 0) is 62.4 Å². The first kappa shape index (κ1) is 19.2. The summed E-state index contributed by atoms with van der Waals surface area (Å²) in [4.78, 5) is 24.4. The average Bonchev–Trinajstić information content (AvgIpc) is 2.69. The van der Waals surface area contributed by atoms with Crippen LogP contribution < -0.4 is 16.0 Å². The van der Waals surface area contributed by atoms with Gasteiger partial charge in [-0.3, -0.25) is 9.59 Å². The summed E-state index contributed by atoms with van der Waals surface area (Å²) < 4.78 is 0. The van der Waals surface area contributed by atoms with Gasteiger partial charge in [0.2, 0.25) is 5.91 Å². The van der Waals surface area contributed by atoms with Gasteiger partial charge in [-0.1, -0.05) is 35.4 Å². The maximum atomic E-state index is 12.3. The summed E-state index contributed by atoms with van der Waals surface area (Å²) in [5.41, 5.74) is 5.05. The average molecular weight is 373 g/mol. The molecule has 0 saturated heterocycles. The third-order valence-corrected chi connectivity index (χ3v) is 4.21. The maximum absolute atomic E-state index is 12.3. The monoisotopic (exact) mass is 373 g/mol. The summed E-state index contributed by atoms with van der Waals surface area (Å²) in [5, 5.41) is 8.77. The van der Waals surface area contributed by atoms with Crippen LogP contribution in [-0.4, -0.2) is 18.4 Å². The summed E-state index contributed by atoms with van der Waals surface area (Å²) >= 11 is 0. The molecule has 0 spiro atoms. The smallest absolute Gasteiger partial charge is 0.255 e. The number of hydrogen-bond donors (Lipinski definition) is 3. The number of hydrogen-bond acceptors (Lipinski definition) is 3. The number of carbonyl (C=O) groups is 2. The van der Waals surface area contributed by atoms with Crippen LogP contribution in [0.2, 0.25) is 0 Å².